The number of hydrogen-bond donors (Lipinski definition) is 2. The highest BCUT2D eigenvalue weighted by molar-refractivity contribution is 6.04. The monoisotopic (exact) mass is 446 g/mol. The number of anilines is 1. The summed E-state index contributed by atoms with van der Waals surface area (Å²) in [4.78, 5) is 0. The van der Waals surface area contributed by atoms with Gasteiger partial charge in [-0.15, -0.1) is 0 Å². The van der Waals surface area contributed by atoms with Crippen LogP contribution in [0.4, 0.5) is 5.69 Å². The molecule has 0 aliphatic rings. The van der Waals surface area contributed by atoms with E-state index in [4.69, 9.17) is 0 Å². The predicted octanol–water partition coefficient (Wildman–Crippen LogP) is 7.07. The Morgan fingerprint density at radius 3 is 2.12 bits per heavy atom. The summed E-state index contributed by atoms with van der Waals surface area (Å²) >= 11 is 0. The highest BCUT2D eigenvalue weighted by Gasteiger charge is 2.21. The summed E-state index contributed by atoms with van der Waals surface area (Å²) in [5.41, 5.74) is 9.28. The lowest BCUT2D eigenvalue weighted by Crippen LogP contribution is -2.25. The summed E-state index contributed by atoms with van der Waals surface area (Å²) < 4.78 is 2.29. The molecule has 0 fully saturated rings. The Kier molecular flexibility index (Phi) is 6.20. The summed E-state index contributed by atoms with van der Waals surface area (Å²) in [6.07, 6.45) is -0.553. The molecule has 1 aromatic heterocycles. The fraction of sp³-hybridized carbons (Fsp3) is 0.161. The number of para-hydroxylation sites is 1. The van der Waals surface area contributed by atoms with E-state index >= 15 is 0 Å². The topological polar surface area (TPSA) is 37.2 Å². The maximum atomic E-state index is 11.1. The molecular weight excluding hydrogens is 416 g/mol. The maximum Gasteiger partial charge on any atom is 0.0891 e. The maximum absolute atomic E-state index is 11.1. The van der Waals surface area contributed by atoms with Crippen LogP contribution < -0.4 is 5.32 Å². The van der Waals surface area contributed by atoms with Gasteiger partial charge >= 0.3 is 0 Å². The molecule has 3 nitrogen and oxygen atoms in total. The van der Waals surface area contributed by atoms with E-state index < -0.39 is 6.10 Å². The molecule has 170 valence electrons. The van der Waals surface area contributed by atoms with Gasteiger partial charge in [0.15, 0.2) is 0 Å². The van der Waals surface area contributed by atoms with Crippen molar-refractivity contribution in [1.82, 2.24) is 4.57 Å². The average molecular weight is 447 g/mol. The number of nitrogens with zero attached hydrogens (tertiary/aromatic N) is 1. The summed E-state index contributed by atoms with van der Waals surface area (Å²) in [6, 6.07) is 35.9. The molecule has 1 atom stereocenters. The SMILES string of the molecule is Cc1ccc2c(c1)c(-c1ccccc1)c(-c1ccccc1)n2C[C@@H](O)CNc1ccccc1C. The first-order valence-electron chi connectivity index (χ1n) is 11.8. The van der Waals surface area contributed by atoms with Crippen LogP contribution in [0.5, 0.6) is 0 Å². The fourth-order valence-electron chi connectivity index (χ4n) is 4.73. The van der Waals surface area contributed by atoms with E-state index in [1.807, 2.05) is 18.2 Å². The molecule has 0 saturated heterocycles. The van der Waals surface area contributed by atoms with E-state index in [0.29, 0.717) is 13.1 Å². The third-order valence-corrected chi connectivity index (χ3v) is 6.40. The van der Waals surface area contributed by atoms with Crippen molar-refractivity contribution in [2.24, 2.45) is 0 Å². The Hall–Kier alpha value is -3.82. The number of fused-ring (bicyclic) bond motifs is 1. The molecule has 3 heteroatoms. The Morgan fingerprint density at radius 1 is 0.765 bits per heavy atom. The van der Waals surface area contributed by atoms with Crippen molar-refractivity contribution in [2.75, 3.05) is 11.9 Å². The van der Waals surface area contributed by atoms with E-state index in [2.05, 4.69) is 109 Å². The van der Waals surface area contributed by atoms with Gasteiger partial charge in [-0.1, -0.05) is 90.5 Å². The number of aliphatic hydroxyl groups excluding tert-OH is 1. The number of rotatable bonds is 7. The summed E-state index contributed by atoms with van der Waals surface area (Å²) in [5, 5.41) is 15.8. The molecule has 0 amide bonds. The molecule has 0 aliphatic carbocycles. The van der Waals surface area contributed by atoms with Gasteiger partial charge in [-0.25, -0.2) is 0 Å². The zero-order valence-electron chi connectivity index (χ0n) is 19.7. The van der Waals surface area contributed by atoms with Crippen molar-refractivity contribution in [2.45, 2.75) is 26.5 Å². The molecular formula is C31H30N2O. The quantitative estimate of drug-likeness (QED) is 0.281. The van der Waals surface area contributed by atoms with Crippen LogP contribution in [-0.4, -0.2) is 22.3 Å². The minimum absolute atomic E-state index is 0.477. The van der Waals surface area contributed by atoms with E-state index in [9.17, 15) is 5.11 Å². The molecule has 5 rings (SSSR count). The van der Waals surface area contributed by atoms with E-state index in [0.717, 1.165) is 22.5 Å². The molecule has 0 bridgehead atoms. The third-order valence-electron chi connectivity index (χ3n) is 6.40. The van der Waals surface area contributed by atoms with Gasteiger partial charge < -0.3 is 15.0 Å². The van der Waals surface area contributed by atoms with Gasteiger partial charge in [-0.05, 0) is 48.7 Å². The normalized spacial score (nSPS) is 12.1. The van der Waals surface area contributed by atoms with Gasteiger partial charge in [-0.2, -0.15) is 0 Å². The van der Waals surface area contributed by atoms with Gasteiger partial charge in [-0.3, -0.25) is 0 Å². The fourth-order valence-corrected chi connectivity index (χ4v) is 4.73. The van der Waals surface area contributed by atoms with E-state index in [1.54, 1.807) is 0 Å². The number of nitrogens with one attached hydrogen (secondary N) is 1. The number of aromatic nitrogens is 1. The first-order valence-corrected chi connectivity index (χ1v) is 11.8. The predicted molar refractivity (Wildman–Crippen MR) is 143 cm³/mol. The molecule has 0 radical (unpaired) electrons. The van der Waals surface area contributed by atoms with Gasteiger partial charge in [0, 0.05) is 28.7 Å². The first kappa shape index (κ1) is 22.0. The summed E-state index contributed by atoms with van der Waals surface area (Å²) in [7, 11) is 0. The second-order valence-corrected chi connectivity index (χ2v) is 8.94. The van der Waals surface area contributed by atoms with Crippen LogP contribution >= 0.6 is 0 Å². The number of aliphatic hydroxyl groups is 1. The van der Waals surface area contributed by atoms with Gasteiger partial charge in [0.05, 0.1) is 18.3 Å². The van der Waals surface area contributed by atoms with Crippen molar-refractivity contribution in [3.63, 3.8) is 0 Å². The second-order valence-electron chi connectivity index (χ2n) is 8.94. The van der Waals surface area contributed by atoms with Crippen LogP contribution in [0.1, 0.15) is 11.1 Å². The second kappa shape index (κ2) is 9.58. The molecule has 1 heterocycles. The molecule has 5 aromatic rings. The summed E-state index contributed by atoms with van der Waals surface area (Å²) in [6.45, 7) is 5.19. The lowest BCUT2D eigenvalue weighted by molar-refractivity contribution is 0.169. The van der Waals surface area contributed by atoms with Crippen molar-refractivity contribution < 1.29 is 5.11 Å². The van der Waals surface area contributed by atoms with Gasteiger partial charge in [0.1, 0.15) is 0 Å². The minimum atomic E-state index is -0.553. The molecule has 4 aromatic carbocycles. The standard InChI is InChI=1S/C31H30N2O/c1-22-17-18-29-27(19-22)30(24-12-5-3-6-13-24)31(25-14-7-4-8-15-25)33(29)21-26(34)20-32-28-16-10-9-11-23(28)2/h3-19,26,32,34H,20-21H2,1-2H3/t26-/m0/s1. The average Bonchev–Trinajstić information content (AvgIpc) is 3.17. The molecule has 2 N–H and O–H groups in total. The number of hydrogen-bond acceptors (Lipinski definition) is 2. The van der Waals surface area contributed by atoms with Crippen LogP contribution in [0.25, 0.3) is 33.3 Å². The Balaban J connectivity index is 1.61. The van der Waals surface area contributed by atoms with Crippen LogP contribution in [0.3, 0.4) is 0 Å². The third kappa shape index (κ3) is 4.35. The van der Waals surface area contributed by atoms with Crippen molar-refractivity contribution in [1.29, 1.82) is 0 Å². The molecule has 0 saturated carbocycles. The smallest absolute Gasteiger partial charge is 0.0891 e. The zero-order valence-corrected chi connectivity index (χ0v) is 19.7. The van der Waals surface area contributed by atoms with Gasteiger partial charge in [0.2, 0.25) is 0 Å². The molecule has 0 spiro atoms. The molecule has 34 heavy (non-hydrogen) atoms. The van der Waals surface area contributed by atoms with Crippen LogP contribution in [0, 0.1) is 13.8 Å². The molecule has 0 aliphatic heterocycles. The Labute approximate surface area is 201 Å². The van der Waals surface area contributed by atoms with E-state index in [1.165, 1.54) is 27.6 Å². The largest absolute Gasteiger partial charge is 0.389 e. The lowest BCUT2D eigenvalue weighted by Gasteiger charge is -2.18. The Morgan fingerprint density at radius 2 is 1.41 bits per heavy atom. The van der Waals surface area contributed by atoms with E-state index in [-0.39, 0.29) is 0 Å². The molecule has 0 unspecified atom stereocenters. The van der Waals surface area contributed by atoms with Crippen molar-refractivity contribution in [3.05, 3.63) is 114 Å². The first-order chi connectivity index (χ1) is 16.6. The highest BCUT2D eigenvalue weighted by Crippen LogP contribution is 2.41. The van der Waals surface area contributed by atoms with Crippen LogP contribution in [0.15, 0.2) is 103 Å². The van der Waals surface area contributed by atoms with Crippen molar-refractivity contribution in [3.8, 4) is 22.4 Å². The van der Waals surface area contributed by atoms with Gasteiger partial charge in [0.25, 0.3) is 0 Å². The summed E-state index contributed by atoms with van der Waals surface area (Å²) in [5.74, 6) is 0. The van der Waals surface area contributed by atoms with Crippen LogP contribution in [0.2, 0.25) is 0 Å². The van der Waals surface area contributed by atoms with Crippen LogP contribution in [-0.2, 0) is 6.54 Å². The number of benzene rings is 4. The lowest BCUT2D eigenvalue weighted by atomic mass is 9.98. The number of aryl methyl sites for hydroxylation is 2. The van der Waals surface area contributed by atoms with Crippen molar-refractivity contribution >= 4 is 16.6 Å². The zero-order chi connectivity index (χ0) is 23.5. The minimum Gasteiger partial charge on any atom is -0.389 e. The highest BCUT2D eigenvalue weighted by atomic mass is 16.3. The Bertz CT molecular complexity index is 1400.